The molecule has 0 atom stereocenters. The summed E-state index contributed by atoms with van der Waals surface area (Å²) in [5.74, 6) is 0.903. The predicted octanol–water partition coefficient (Wildman–Crippen LogP) is 3.87. The van der Waals surface area contributed by atoms with E-state index < -0.39 is 0 Å². The lowest BCUT2D eigenvalue weighted by atomic mass is 10.2. The van der Waals surface area contributed by atoms with Crippen LogP contribution in [0, 0.1) is 0 Å². The Morgan fingerprint density at radius 1 is 1.26 bits per heavy atom. The lowest BCUT2D eigenvalue weighted by Crippen LogP contribution is -2.11. The number of amides is 1. The minimum Gasteiger partial charge on any atom is -0.322 e. The van der Waals surface area contributed by atoms with Crippen molar-refractivity contribution >= 4 is 35.8 Å². The highest BCUT2D eigenvalue weighted by Gasteiger charge is 2.05. The van der Waals surface area contributed by atoms with Crippen LogP contribution in [0.5, 0.6) is 0 Å². The number of rotatable bonds is 4. The third kappa shape index (κ3) is 4.58. The van der Waals surface area contributed by atoms with Crippen molar-refractivity contribution in [2.75, 3.05) is 11.1 Å². The number of hydrogen-bond acceptors (Lipinski definition) is 3. The third-order valence-electron chi connectivity index (χ3n) is 2.35. The zero-order valence-corrected chi connectivity index (χ0v) is 12.1. The topological polar surface area (TPSA) is 42.0 Å². The van der Waals surface area contributed by atoms with Gasteiger partial charge in [-0.1, -0.05) is 6.92 Å². The molecule has 0 bridgehead atoms. The van der Waals surface area contributed by atoms with Gasteiger partial charge >= 0.3 is 0 Å². The summed E-state index contributed by atoms with van der Waals surface area (Å²) in [7, 11) is 0. The molecular weight excluding hydrogens is 280 g/mol. The number of pyridine rings is 1. The number of carbonyl (C=O) groups excluding carboxylic acids is 1. The summed E-state index contributed by atoms with van der Waals surface area (Å²) in [6, 6.07) is 11.3. The molecule has 100 valence electrons. The van der Waals surface area contributed by atoms with Crippen LogP contribution in [0.3, 0.4) is 0 Å². The minimum atomic E-state index is -0.140. The summed E-state index contributed by atoms with van der Waals surface area (Å²) in [5, 5.41) is 2.84. The fraction of sp³-hybridized carbons (Fsp3) is 0.143. The molecule has 0 fully saturated rings. The predicted molar refractivity (Wildman–Crippen MR) is 82.3 cm³/mol. The second-order valence-electron chi connectivity index (χ2n) is 3.65. The summed E-state index contributed by atoms with van der Waals surface area (Å²) < 4.78 is 0. The lowest BCUT2D eigenvalue weighted by Gasteiger charge is -2.05. The van der Waals surface area contributed by atoms with Gasteiger partial charge in [-0.15, -0.1) is 24.2 Å². The lowest BCUT2D eigenvalue weighted by molar-refractivity contribution is 0.102. The van der Waals surface area contributed by atoms with Crippen LogP contribution < -0.4 is 5.32 Å². The van der Waals surface area contributed by atoms with Crippen molar-refractivity contribution in [3.63, 3.8) is 0 Å². The molecule has 0 saturated heterocycles. The van der Waals surface area contributed by atoms with Crippen LogP contribution in [0.15, 0.2) is 53.7 Å². The average molecular weight is 295 g/mol. The van der Waals surface area contributed by atoms with Crippen molar-refractivity contribution < 1.29 is 4.79 Å². The van der Waals surface area contributed by atoms with Crippen LogP contribution in [-0.4, -0.2) is 16.6 Å². The molecule has 1 aromatic carbocycles. The minimum absolute atomic E-state index is 0. The van der Waals surface area contributed by atoms with E-state index in [1.807, 2.05) is 24.3 Å². The number of benzene rings is 1. The molecule has 0 spiro atoms. The Bertz CT molecular complexity index is 517. The van der Waals surface area contributed by atoms with Crippen LogP contribution in [0.2, 0.25) is 0 Å². The maximum absolute atomic E-state index is 11.9. The number of aromatic nitrogens is 1. The summed E-state index contributed by atoms with van der Waals surface area (Å²) in [4.78, 5) is 17.0. The van der Waals surface area contributed by atoms with E-state index in [1.165, 1.54) is 4.90 Å². The van der Waals surface area contributed by atoms with Crippen LogP contribution in [0.25, 0.3) is 0 Å². The van der Waals surface area contributed by atoms with E-state index in [0.29, 0.717) is 5.56 Å². The largest absolute Gasteiger partial charge is 0.322 e. The van der Waals surface area contributed by atoms with Crippen LogP contribution in [0.1, 0.15) is 17.3 Å². The van der Waals surface area contributed by atoms with Gasteiger partial charge in [-0.2, -0.15) is 0 Å². The molecular formula is C14H15ClN2OS. The van der Waals surface area contributed by atoms with E-state index in [0.717, 1.165) is 11.4 Å². The summed E-state index contributed by atoms with van der Waals surface area (Å²) in [6.45, 7) is 2.11. The monoisotopic (exact) mass is 294 g/mol. The molecule has 5 heteroatoms. The van der Waals surface area contributed by atoms with Crippen LogP contribution in [-0.2, 0) is 0 Å². The molecule has 1 aromatic heterocycles. The number of nitrogens with one attached hydrogen (secondary N) is 1. The van der Waals surface area contributed by atoms with Gasteiger partial charge in [0.05, 0.1) is 5.56 Å². The molecule has 0 aliphatic heterocycles. The molecule has 0 radical (unpaired) electrons. The zero-order valence-electron chi connectivity index (χ0n) is 10.5. The number of carbonyl (C=O) groups is 1. The Morgan fingerprint density at radius 2 is 2.00 bits per heavy atom. The highest BCUT2D eigenvalue weighted by Crippen LogP contribution is 2.20. The van der Waals surface area contributed by atoms with Crippen molar-refractivity contribution in [3.05, 3.63) is 54.4 Å². The molecule has 19 heavy (non-hydrogen) atoms. The first-order chi connectivity index (χ1) is 8.79. The van der Waals surface area contributed by atoms with Gasteiger partial charge in [-0.3, -0.25) is 9.78 Å². The van der Waals surface area contributed by atoms with E-state index in [1.54, 1.807) is 36.3 Å². The van der Waals surface area contributed by atoms with Gasteiger partial charge in [0.15, 0.2) is 0 Å². The SMILES string of the molecule is CCSc1ccc(NC(=O)c2cccnc2)cc1.Cl. The fourth-order valence-electron chi connectivity index (χ4n) is 1.50. The molecule has 2 rings (SSSR count). The van der Waals surface area contributed by atoms with Gasteiger partial charge in [-0.05, 0) is 42.2 Å². The first kappa shape index (κ1) is 15.5. The fourth-order valence-corrected chi connectivity index (χ4v) is 2.16. The maximum atomic E-state index is 11.9. The average Bonchev–Trinajstić information content (AvgIpc) is 2.42. The number of hydrogen-bond donors (Lipinski definition) is 1. The first-order valence-corrected chi connectivity index (χ1v) is 6.72. The van der Waals surface area contributed by atoms with Gasteiger partial charge in [0.25, 0.3) is 5.91 Å². The Labute approximate surface area is 123 Å². The van der Waals surface area contributed by atoms with E-state index in [9.17, 15) is 4.79 Å². The van der Waals surface area contributed by atoms with Gasteiger partial charge in [0, 0.05) is 23.0 Å². The molecule has 1 amide bonds. The van der Waals surface area contributed by atoms with Crippen molar-refractivity contribution in [1.82, 2.24) is 4.98 Å². The molecule has 3 nitrogen and oxygen atoms in total. The van der Waals surface area contributed by atoms with Gasteiger partial charge < -0.3 is 5.32 Å². The number of thioether (sulfide) groups is 1. The molecule has 0 aliphatic rings. The summed E-state index contributed by atoms with van der Waals surface area (Å²) in [5.41, 5.74) is 1.36. The Kier molecular flexibility index (Phi) is 6.39. The van der Waals surface area contributed by atoms with E-state index >= 15 is 0 Å². The highest BCUT2D eigenvalue weighted by molar-refractivity contribution is 7.99. The van der Waals surface area contributed by atoms with E-state index in [4.69, 9.17) is 0 Å². The number of anilines is 1. The van der Waals surface area contributed by atoms with Crippen LogP contribution >= 0.6 is 24.2 Å². The zero-order chi connectivity index (χ0) is 12.8. The van der Waals surface area contributed by atoms with E-state index in [-0.39, 0.29) is 18.3 Å². The molecule has 2 aromatic rings. The third-order valence-corrected chi connectivity index (χ3v) is 3.24. The first-order valence-electron chi connectivity index (χ1n) is 5.74. The second kappa shape index (κ2) is 7.81. The molecule has 1 heterocycles. The van der Waals surface area contributed by atoms with Gasteiger partial charge in [0.1, 0.15) is 0 Å². The summed E-state index contributed by atoms with van der Waals surface area (Å²) >= 11 is 1.78. The van der Waals surface area contributed by atoms with Crippen molar-refractivity contribution in [2.24, 2.45) is 0 Å². The standard InChI is InChI=1S/C14H14N2OS.ClH/c1-2-18-13-7-5-12(6-8-13)16-14(17)11-4-3-9-15-10-11;/h3-10H,2H2,1H3,(H,16,17);1H. The quantitative estimate of drug-likeness (QED) is 0.871. The molecule has 0 saturated carbocycles. The number of halogens is 1. The molecule has 0 aliphatic carbocycles. The smallest absolute Gasteiger partial charge is 0.257 e. The van der Waals surface area contributed by atoms with Crippen molar-refractivity contribution in [3.8, 4) is 0 Å². The van der Waals surface area contributed by atoms with E-state index in [2.05, 4.69) is 17.2 Å². The van der Waals surface area contributed by atoms with Crippen molar-refractivity contribution in [1.29, 1.82) is 0 Å². The molecule has 0 unspecified atom stereocenters. The maximum Gasteiger partial charge on any atom is 0.257 e. The van der Waals surface area contributed by atoms with Gasteiger partial charge in [0.2, 0.25) is 0 Å². The van der Waals surface area contributed by atoms with Gasteiger partial charge in [-0.25, -0.2) is 0 Å². The highest BCUT2D eigenvalue weighted by atomic mass is 35.5. The Morgan fingerprint density at radius 3 is 2.58 bits per heavy atom. The second-order valence-corrected chi connectivity index (χ2v) is 4.99. The Balaban J connectivity index is 0.00000180. The Hall–Kier alpha value is -1.52. The van der Waals surface area contributed by atoms with Crippen LogP contribution in [0.4, 0.5) is 5.69 Å². The van der Waals surface area contributed by atoms with Crippen molar-refractivity contribution in [2.45, 2.75) is 11.8 Å². The number of nitrogens with zero attached hydrogens (tertiary/aromatic N) is 1. The summed E-state index contributed by atoms with van der Waals surface area (Å²) in [6.07, 6.45) is 3.20. The normalized spacial score (nSPS) is 9.53. The molecule has 1 N–H and O–H groups in total.